The topological polar surface area (TPSA) is 49.4 Å². The number of carbonyl (C=O) groups is 2. The third kappa shape index (κ3) is 3.63. The molecule has 2 aliphatic heterocycles. The van der Waals surface area contributed by atoms with Crippen LogP contribution in [-0.4, -0.2) is 36.9 Å². The van der Waals surface area contributed by atoms with E-state index in [-0.39, 0.29) is 17.7 Å². The number of hydrogen-bond acceptors (Lipinski definition) is 3. The largest absolute Gasteiger partial charge is 0.306 e. The Hall–Kier alpha value is -3.50. The van der Waals surface area contributed by atoms with Gasteiger partial charge in [0.1, 0.15) is 0 Å². The lowest BCUT2D eigenvalue weighted by molar-refractivity contribution is -0.123. The van der Waals surface area contributed by atoms with Crippen molar-refractivity contribution in [2.45, 2.75) is 38.5 Å². The maximum atomic E-state index is 13.3. The van der Waals surface area contributed by atoms with Crippen molar-refractivity contribution in [3.63, 3.8) is 0 Å². The van der Waals surface area contributed by atoms with Crippen molar-refractivity contribution in [3.8, 4) is 0 Å². The summed E-state index contributed by atoms with van der Waals surface area (Å²) in [4.78, 5) is 29.0. The van der Waals surface area contributed by atoms with Gasteiger partial charge in [-0.25, -0.2) is 0 Å². The number of likely N-dealkylation sites (tertiary alicyclic amines) is 1. The zero-order valence-electron chi connectivity index (χ0n) is 21.1. The van der Waals surface area contributed by atoms with Gasteiger partial charge >= 0.3 is 0 Å². The molecule has 1 N–H and O–H groups in total. The Morgan fingerprint density at radius 1 is 0.972 bits per heavy atom. The van der Waals surface area contributed by atoms with E-state index in [4.69, 9.17) is 0 Å². The molecule has 4 heteroatoms. The van der Waals surface area contributed by atoms with E-state index in [0.29, 0.717) is 23.5 Å². The van der Waals surface area contributed by atoms with Gasteiger partial charge in [-0.15, -0.1) is 0 Å². The molecular formula is C32H32N2O2. The molecule has 36 heavy (non-hydrogen) atoms. The van der Waals surface area contributed by atoms with Gasteiger partial charge in [-0.05, 0) is 102 Å². The van der Waals surface area contributed by atoms with E-state index in [1.54, 1.807) is 0 Å². The fraction of sp³-hybridized carbons (Fsp3) is 0.312. The van der Waals surface area contributed by atoms with Crippen LogP contribution in [0, 0.1) is 5.92 Å². The number of fused-ring (bicyclic) bond motifs is 1. The molecular weight excluding hydrogens is 444 g/mol. The summed E-state index contributed by atoms with van der Waals surface area (Å²) in [6, 6.07) is 12.6. The molecule has 0 aromatic heterocycles. The van der Waals surface area contributed by atoms with Crippen molar-refractivity contribution in [2.75, 3.05) is 20.1 Å². The molecule has 2 heterocycles. The van der Waals surface area contributed by atoms with Crippen LogP contribution in [0.5, 0.6) is 0 Å². The molecule has 4 aliphatic rings. The first-order valence-electron chi connectivity index (χ1n) is 13.0. The van der Waals surface area contributed by atoms with Crippen LogP contribution in [0.3, 0.4) is 0 Å². The molecule has 2 aliphatic carbocycles. The molecule has 0 bridgehead atoms. The summed E-state index contributed by atoms with van der Waals surface area (Å²) >= 11 is 0. The normalized spacial score (nSPS) is 23.4. The van der Waals surface area contributed by atoms with Crippen LogP contribution >= 0.6 is 0 Å². The highest BCUT2D eigenvalue weighted by molar-refractivity contribution is 6.39. The average Bonchev–Trinajstić information content (AvgIpc) is 3.18. The Morgan fingerprint density at radius 3 is 2.47 bits per heavy atom. The van der Waals surface area contributed by atoms with Crippen molar-refractivity contribution >= 4 is 28.2 Å². The van der Waals surface area contributed by atoms with Crippen molar-refractivity contribution in [2.24, 2.45) is 5.92 Å². The van der Waals surface area contributed by atoms with Gasteiger partial charge in [0.15, 0.2) is 0 Å². The lowest BCUT2D eigenvalue weighted by atomic mass is 9.74. The van der Waals surface area contributed by atoms with Gasteiger partial charge in [-0.3, -0.25) is 14.9 Å². The Labute approximate surface area is 212 Å². The third-order valence-corrected chi connectivity index (χ3v) is 8.37. The fourth-order valence-corrected chi connectivity index (χ4v) is 6.45. The Balaban J connectivity index is 1.54. The van der Waals surface area contributed by atoms with E-state index >= 15 is 0 Å². The van der Waals surface area contributed by atoms with Crippen molar-refractivity contribution < 1.29 is 9.59 Å². The van der Waals surface area contributed by atoms with Gasteiger partial charge in [-0.1, -0.05) is 68.1 Å². The van der Waals surface area contributed by atoms with Crippen LogP contribution in [0.15, 0.2) is 89.1 Å². The monoisotopic (exact) mass is 476 g/mol. The van der Waals surface area contributed by atoms with Crippen molar-refractivity contribution in [1.82, 2.24) is 10.2 Å². The Bertz CT molecular complexity index is 1440. The highest BCUT2D eigenvalue weighted by Crippen LogP contribution is 2.45. The van der Waals surface area contributed by atoms with Gasteiger partial charge in [0.05, 0.1) is 11.1 Å². The minimum absolute atomic E-state index is 0.258. The number of nitrogens with zero attached hydrogens (tertiary/aromatic N) is 1. The first kappa shape index (κ1) is 22.9. The van der Waals surface area contributed by atoms with Crippen LogP contribution in [0.4, 0.5) is 0 Å². The maximum Gasteiger partial charge on any atom is 0.259 e. The lowest BCUT2D eigenvalue weighted by Gasteiger charge is -2.30. The quantitative estimate of drug-likeness (QED) is 0.567. The lowest BCUT2D eigenvalue weighted by Crippen LogP contribution is -2.29. The summed E-state index contributed by atoms with van der Waals surface area (Å²) < 4.78 is 0. The number of carbonyl (C=O) groups excluding carboxylic acids is 2. The van der Waals surface area contributed by atoms with Gasteiger partial charge in [0.2, 0.25) is 0 Å². The molecule has 2 aromatic rings. The molecule has 1 saturated heterocycles. The predicted octanol–water partition coefficient (Wildman–Crippen LogP) is 5.84. The van der Waals surface area contributed by atoms with E-state index in [9.17, 15) is 9.59 Å². The first-order valence-corrected chi connectivity index (χ1v) is 13.0. The van der Waals surface area contributed by atoms with Crippen LogP contribution in [-0.2, 0) is 9.59 Å². The predicted molar refractivity (Wildman–Crippen MR) is 145 cm³/mol. The summed E-state index contributed by atoms with van der Waals surface area (Å²) in [5.41, 5.74) is 7.42. The molecule has 2 amide bonds. The summed E-state index contributed by atoms with van der Waals surface area (Å²) in [6.45, 7) is 8.64. The number of benzene rings is 2. The third-order valence-electron chi connectivity index (χ3n) is 8.37. The van der Waals surface area contributed by atoms with Gasteiger partial charge in [0, 0.05) is 0 Å². The number of hydrogen-bond donors (Lipinski definition) is 1. The maximum absolute atomic E-state index is 13.3. The highest BCUT2D eigenvalue weighted by Gasteiger charge is 2.38. The number of allylic oxidation sites excluding steroid dienone is 6. The minimum Gasteiger partial charge on any atom is -0.306 e. The van der Waals surface area contributed by atoms with Crippen molar-refractivity contribution in [3.05, 3.63) is 100 Å². The Morgan fingerprint density at radius 2 is 1.69 bits per heavy atom. The van der Waals surface area contributed by atoms with E-state index in [1.165, 1.54) is 10.9 Å². The number of amides is 2. The molecule has 6 rings (SSSR count). The summed E-state index contributed by atoms with van der Waals surface area (Å²) in [6.07, 6.45) is 10.3. The van der Waals surface area contributed by atoms with Crippen LogP contribution in [0.25, 0.3) is 16.3 Å². The summed E-state index contributed by atoms with van der Waals surface area (Å²) in [5.74, 6) is 0.154. The zero-order chi connectivity index (χ0) is 25.0. The average molecular weight is 477 g/mol. The molecule has 1 fully saturated rings. The zero-order valence-corrected chi connectivity index (χ0v) is 21.1. The number of nitrogens with one attached hydrogen (secondary N) is 1. The SMILES string of the molecule is C=C1CC=C(C2=C(c3ccc(C4CCN(C)CC4)c4ccccc34)C(=O)NC2=O)C2=C1C=CCC2C. The van der Waals surface area contributed by atoms with E-state index < -0.39 is 0 Å². The smallest absolute Gasteiger partial charge is 0.259 e. The van der Waals surface area contributed by atoms with Gasteiger partial charge < -0.3 is 4.90 Å². The van der Waals surface area contributed by atoms with Crippen molar-refractivity contribution in [1.29, 1.82) is 0 Å². The Kier molecular flexibility index (Phi) is 5.65. The molecule has 4 nitrogen and oxygen atoms in total. The second kappa shape index (κ2) is 8.86. The van der Waals surface area contributed by atoms with Gasteiger partial charge in [0.25, 0.3) is 11.8 Å². The van der Waals surface area contributed by atoms with E-state index in [0.717, 1.165) is 65.6 Å². The second-order valence-corrected chi connectivity index (χ2v) is 10.7. The molecule has 2 aromatic carbocycles. The molecule has 1 atom stereocenters. The van der Waals surface area contributed by atoms with Crippen LogP contribution in [0.2, 0.25) is 0 Å². The fourth-order valence-electron chi connectivity index (χ4n) is 6.45. The van der Waals surface area contributed by atoms with Crippen LogP contribution in [0.1, 0.15) is 49.7 Å². The number of imide groups is 1. The van der Waals surface area contributed by atoms with E-state index in [2.05, 4.69) is 79.3 Å². The second-order valence-electron chi connectivity index (χ2n) is 10.7. The first-order chi connectivity index (χ1) is 17.4. The molecule has 182 valence electrons. The molecule has 1 unspecified atom stereocenters. The molecule has 0 saturated carbocycles. The highest BCUT2D eigenvalue weighted by atomic mass is 16.2. The molecule has 0 spiro atoms. The minimum atomic E-state index is -0.307. The van der Waals surface area contributed by atoms with Gasteiger partial charge in [-0.2, -0.15) is 0 Å². The molecule has 0 radical (unpaired) electrons. The summed E-state index contributed by atoms with van der Waals surface area (Å²) in [5, 5.41) is 4.84. The number of rotatable bonds is 3. The number of piperidine rings is 1. The van der Waals surface area contributed by atoms with Crippen LogP contribution < -0.4 is 5.32 Å². The van der Waals surface area contributed by atoms with E-state index in [1.807, 2.05) is 6.07 Å². The summed E-state index contributed by atoms with van der Waals surface area (Å²) in [7, 11) is 2.18. The standard InChI is InChI=1S/C32H32N2O2/c1-19-11-12-27(28-20(2)7-6-10-22(19)28)30-29(31(35)33-32(30)36)26-14-13-23(21-15-17-34(3)18-16-21)24-8-4-5-9-25(24)26/h4-6,8-10,12-14,20-21H,1,7,11,15-18H2,2-3H3,(H,33,35,36).